The number of carboxylic acid groups (broad SMARTS) is 1. The number of amides is 1. The van der Waals surface area contributed by atoms with Crippen molar-refractivity contribution in [1.82, 2.24) is 15.3 Å². The highest BCUT2D eigenvalue weighted by atomic mass is 32.2. The van der Waals surface area contributed by atoms with E-state index in [-0.39, 0.29) is 17.8 Å². The maximum absolute atomic E-state index is 13.8. The van der Waals surface area contributed by atoms with Crippen molar-refractivity contribution in [2.75, 3.05) is 6.26 Å². The first-order valence-electron chi connectivity index (χ1n) is 14.2. The largest absolute Gasteiger partial charge is 0.480 e. The average molecular weight is 636 g/mol. The van der Waals surface area contributed by atoms with E-state index >= 15 is 0 Å². The van der Waals surface area contributed by atoms with Gasteiger partial charge in [0.25, 0.3) is 5.91 Å². The highest BCUT2D eigenvalue weighted by molar-refractivity contribution is 7.91. The van der Waals surface area contributed by atoms with Crippen LogP contribution >= 0.6 is 0 Å². The molecule has 0 saturated heterocycles. The fourth-order valence-corrected chi connectivity index (χ4v) is 7.06. The summed E-state index contributed by atoms with van der Waals surface area (Å²) in [6.45, 7) is 5.10. The Morgan fingerprint density at radius 1 is 1.00 bits per heavy atom. The Balaban J connectivity index is 1.76. The molecule has 1 aromatic heterocycles. The number of halogens is 2. The zero-order valence-corrected chi connectivity index (χ0v) is 26.2. The van der Waals surface area contributed by atoms with Gasteiger partial charge in [0.2, 0.25) is 0 Å². The van der Waals surface area contributed by atoms with Crippen molar-refractivity contribution in [2.45, 2.75) is 44.9 Å². The number of aromatic nitrogens is 2. The summed E-state index contributed by atoms with van der Waals surface area (Å²) in [4.78, 5) is 33.2. The third kappa shape index (κ3) is 8.72. The van der Waals surface area contributed by atoms with E-state index in [4.69, 9.17) is 0 Å². The topological polar surface area (TPSA) is 129 Å². The van der Waals surface area contributed by atoms with E-state index in [0.717, 1.165) is 17.4 Å². The van der Waals surface area contributed by atoms with Crippen LogP contribution in [-0.4, -0.2) is 52.9 Å². The lowest BCUT2D eigenvalue weighted by Gasteiger charge is -2.31. The lowest BCUT2D eigenvalue weighted by Crippen LogP contribution is -2.47. The predicted octanol–water partition coefficient (Wildman–Crippen LogP) is 6.17. The molecule has 236 valence electrons. The fraction of sp³-hybridized carbons (Fsp3) is 0.265. The van der Waals surface area contributed by atoms with Gasteiger partial charge in [0, 0.05) is 30.6 Å². The minimum Gasteiger partial charge on any atom is -0.480 e. The van der Waals surface area contributed by atoms with Crippen molar-refractivity contribution >= 4 is 33.4 Å². The number of hydrogen-bond donors (Lipinski definition) is 3. The van der Waals surface area contributed by atoms with Crippen molar-refractivity contribution < 1.29 is 31.9 Å². The number of sulfone groups is 1. The number of aromatic amines is 1. The van der Waals surface area contributed by atoms with Gasteiger partial charge < -0.3 is 15.4 Å². The Hall–Kier alpha value is -4.64. The van der Waals surface area contributed by atoms with Crippen LogP contribution < -0.4 is 5.32 Å². The van der Waals surface area contributed by atoms with Crippen molar-refractivity contribution in [2.24, 2.45) is 5.41 Å². The van der Waals surface area contributed by atoms with Gasteiger partial charge in [-0.05, 0) is 76.1 Å². The second-order valence-electron chi connectivity index (χ2n) is 12.0. The second-order valence-corrected chi connectivity index (χ2v) is 14.2. The number of aliphatic carboxylic acids is 1. The Morgan fingerprint density at radius 3 is 2.16 bits per heavy atom. The predicted molar refractivity (Wildman–Crippen MR) is 170 cm³/mol. The van der Waals surface area contributed by atoms with Crippen LogP contribution in [0.1, 0.15) is 54.5 Å². The van der Waals surface area contributed by atoms with E-state index in [1.165, 1.54) is 42.5 Å². The van der Waals surface area contributed by atoms with Crippen LogP contribution in [0.15, 0.2) is 79.1 Å². The molecule has 1 heterocycles. The van der Waals surface area contributed by atoms with Crippen LogP contribution in [0.4, 0.5) is 8.78 Å². The number of carbonyl (C=O) groups is 2. The summed E-state index contributed by atoms with van der Waals surface area (Å²) in [5, 5.41) is 11.4. The quantitative estimate of drug-likeness (QED) is 0.169. The van der Waals surface area contributed by atoms with Gasteiger partial charge >= 0.3 is 5.97 Å². The Labute approximate surface area is 261 Å². The molecule has 0 bridgehead atoms. The SMILES string of the molecule is CC(C)(C)C(C[C@H](NC(=O)c1ccc(C=C(Cc2ncc[nH]2)c2ccc(F)cc2)cc1-c1ccc(F)cc1)C(=O)O)S(C)(=O)=O. The van der Waals surface area contributed by atoms with Gasteiger partial charge in [-0.1, -0.05) is 57.2 Å². The number of imidazole rings is 1. The van der Waals surface area contributed by atoms with Crippen LogP contribution in [0, 0.1) is 17.0 Å². The molecule has 8 nitrogen and oxygen atoms in total. The molecule has 0 aliphatic carbocycles. The number of hydrogen-bond acceptors (Lipinski definition) is 5. The molecule has 0 spiro atoms. The third-order valence-electron chi connectivity index (χ3n) is 7.45. The smallest absolute Gasteiger partial charge is 0.326 e. The lowest BCUT2D eigenvalue weighted by molar-refractivity contribution is -0.139. The number of nitrogens with zero attached hydrogens (tertiary/aromatic N) is 1. The van der Waals surface area contributed by atoms with Crippen LogP contribution in [-0.2, 0) is 21.1 Å². The van der Waals surface area contributed by atoms with E-state index < -0.39 is 44.2 Å². The molecule has 1 unspecified atom stereocenters. The van der Waals surface area contributed by atoms with Gasteiger partial charge in [-0.15, -0.1) is 0 Å². The fourth-order valence-electron chi connectivity index (χ4n) is 5.24. The molecule has 3 N–H and O–H groups in total. The van der Waals surface area contributed by atoms with E-state index in [1.807, 2.05) is 6.08 Å². The van der Waals surface area contributed by atoms with Crippen LogP contribution in [0.25, 0.3) is 22.8 Å². The van der Waals surface area contributed by atoms with Crippen LogP contribution in [0.2, 0.25) is 0 Å². The van der Waals surface area contributed by atoms with Gasteiger partial charge in [0.15, 0.2) is 9.84 Å². The molecule has 0 saturated carbocycles. The minimum atomic E-state index is -3.65. The summed E-state index contributed by atoms with van der Waals surface area (Å²) in [6.07, 6.45) is 6.30. The molecule has 45 heavy (non-hydrogen) atoms. The number of rotatable bonds is 11. The number of allylic oxidation sites excluding steroid dienone is 1. The molecular formula is C34H35F2N3O5S. The molecule has 11 heteroatoms. The molecule has 4 rings (SSSR count). The standard InChI is InChI=1S/C34H35F2N3O5S/c1-34(2,3)30(45(4,43)44)20-29(33(41)42)39-32(40)27-14-5-21(18-28(27)23-8-12-26(36)13-9-23)17-24(19-31-37-15-16-38-31)22-6-10-25(35)11-7-22/h5-18,29-30H,19-20H2,1-4H3,(H,37,38)(H,39,40)(H,41,42)/t29-,30?/m0/s1. The van der Waals surface area contributed by atoms with E-state index in [2.05, 4.69) is 15.3 Å². The van der Waals surface area contributed by atoms with Gasteiger partial charge in [-0.3, -0.25) is 4.79 Å². The molecule has 0 aliphatic rings. The summed E-state index contributed by atoms with van der Waals surface area (Å²) in [5.41, 5.74) is 2.45. The van der Waals surface area contributed by atoms with Crippen LogP contribution in [0.5, 0.6) is 0 Å². The first-order valence-corrected chi connectivity index (χ1v) is 16.1. The molecule has 4 aromatic rings. The van der Waals surface area contributed by atoms with Gasteiger partial charge in [0.05, 0.1) is 5.25 Å². The zero-order valence-electron chi connectivity index (χ0n) is 25.3. The average Bonchev–Trinajstić information content (AvgIpc) is 3.47. The highest BCUT2D eigenvalue weighted by Gasteiger charge is 2.38. The molecular weight excluding hydrogens is 600 g/mol. The maximum Gasteiger partial charge on any atom is 0.326 e. The van der Waals surface area contributed by atoms with E-state index in [1.54, 1.807) is 57.4 Å². The molecule has 0 radical (unpaired) electrons. The molecule has 2 atom stereocenters. The summed E-state index contributed by atoms with van der Waals surface area (Å²) in [6, 6.07) is 15.0. The molecule has 0 aliphatic heterocycles. The second kappa shape index (κ2) is 13.6. The number of H-pyrrole nitrogens is 1. The molecule has 0 fully saturated rings. The van der Waals surface area contributed by atoms with Crippen molar-refractivity contribution in [3.8, 4) is 11.1 Å². The number of carbonyl (C=O) groups excluding carboxylic acids is 1. The Bertz CT molecular complexity index is 1800. The first-order chi connectivity index (χ1) is 21.1. The summed E-state index contributed by atoms with van der Waals surface area (Å²) < 4.78 is 52.6. The Kier molecular flexibility index (Phi) is 10.0. The lowest BCUT2D eigenvalue weighted by atomic mass is 9.87. The minimum absolute atomic E-state index is 0.117. The van der Waals surface area contributed by atoms with Crippen LogP contribution in [0.3, 0.4) is 0 Å². The normalized spacial score (nSPS) is 13.7. The molecule has 1 amide bonds. The number of carboxylic acids is 1. The molecule has 3 aromatic carbocycles. The third-order valence-corrected chi connectivity index (χ3v) is 9.38. The first kappa shape index (κ1) is 33.3. The zero-order chi connectivity index (χ0) is 32.9. The summed E-state index contributed by atoms with van der Waals surface area (Å²) in [5.74, 6) is -2.27. The summed E-state index contributed by atoms with van der Waals surface area (Å²) in [7, 11) is -3.65. The Morgan fingerprint density at radius 2 is 1.62 bits per heavy atom. The van der Waals surface area contributed by atoms with Gasteiger partial charge in [-0.2, -0.15) is 0 Å². The van der Waals surface area contributed by atoms with E-state index in [9.17, 15) is 31.9 Å². The monoisotopic (exact) mass is 635 g/mol. The van der Waals surface area contributed by atoms with Crippen molar-refractivity contribution in [1.29, 1.82) is 0 Å². The van der Waals surface area contributed by atoms with Crippen molar-refractivity contribution in [3.05, 3.63) is 113 Å². The number of benzene rings is 3. The maximum atomic E-state index is 13.8. The highest BCUT2D eigenvalue weighted by Crippen LogP contribution is 2.31. The van der Waals surface area contributed by atoms with Gasteiger partial charge in [0.1, 0.15) is 23.5 Å². The van der Waals surface area contributed by atoms with E-state index in [0.29, 0.717) is 28.9 Å². The number of nitrogens with one attached hydrogen (secondary N) is 2. The summed E-state index contributed by atoms with van der Waals surface area (Å²) >= 11 is 0. The van der Waals surface area contributed by atoms with Crippen molar-refractivity contribution in [3.63, 3.8) is 0 Å². The van der Waals surface area contributed by atoms with Gasteiger partial charge in [-0.25, -0.2) is 27.0 Å².